The number of carbonyl (C=O) groups excluding carboxylic acids is 1. The normalized spacial score (nSPS) is 15.9. The monoisotopic (exact) mass is 240 g/mol. The molecule has 0 aliphatic carbocycles. The zero-order valence-electron chi connectivity index (χ0n) is 9.81. The fourth-order valence-electron chi connectivity index (χ4n) is 1.62. The van der Waals surface area contributed by atoms with Gasteiger partial charge in [0.25, 0.3) is 0 Å². The molecule has 17 heavy (non-hydrogen) atoms. The molecule has 7 nitrogen and oxygen atoms in total. The highest BCUT2D eigenvalue weighted by Crippen LogP contribution is 2.03. The standard InChI is InChI=1S/C10H16N4O3/c1-8-12-10(17-13-8)11-3-2-9(15)14-4-6-16-7-5-14/h2-7H2,1H3,(H,11,12,13). The van der Waals surface area contributed by atoms with Gasteiger partial charge in [-0.05, 0) is 6.92 Å². The molecule has 0 saturated carbocycles. The first-order chi connectivity index (χ1) is 8.25. The summed E-state index contributed by atoms with van der Waals surface area (Å²) in [5, 5.41) is 6.56. The van der Waals surface area contributed by atoms with Gasteiger partial charge in [-0.15, -0.1) is 0 Å². The third kappa shape index (κ3) is 3.42. The highest BCUT2D eigenvalue weighted by molar-refractivity contribution is 5.76. The number of hydrogen-bond donors (Lipinski definition) is 1. The summed E-state index contributed by atoms with van der Waals surface area (Å²) >= 11 is 0. The quantitative estimate of drug-likeness (QED) is 0.800. The van der Waals surface area contributed by atoms with E-state index in [0.717, 1.165) is 0 Å². The number of nitrogens with one attached hydrogen (secondary N) is 1. The highest BCUT2D eigenvalue weighted by Gasteiger charge is 2.16. The van der Waals surface area contributed by atoms with Crippen LogP contribution in [0.25, 0.3) is 0 Å². The van der Waals surface area contributed by atoms with Crippen LogP contribution in [0.2, 0.25) is 0 Å². The Morgan fingerprint density at radius 3 is 2.88 bits per heavy atom. The van der Waals surface area contributed by atoms with E-state index < -0.39 is 0 Å². The van der Waals surface area contributed by atoms with Crippen molar-refractivity contribution < 1.29 is 14.1 Å². The fraction of sp³-hybridized carbons (Fsp3) is 0.700. The maximum Gasteiger partial charge on any atom is 0.321 e. The Bertz CT molecular complexity index is 373. The number of aromatic nitrogens is 2. The number of aryl methyl sites for hydroxylation is 1. The number of hydrogen-bond acceptors (Lipinski definition) is 6. The van der Waals surface area contributed by atoms with Crippen LogP contribution in [0, 0.1) is 6.92 Å². The molecule has 1 aromatic heterocycles. The summed E-state index contributed by atoms with van der Waals surface area (Å²) in [6, 6.07) is 0.359. The van der Waals surface area contributed by atoms with Crippen LogP contribution >= 0.6 is 0 Å². The molecule has 1 aromatic rings. The summed E-state index contributed by atoms with van der Waals surface area (Å²) in [5.74, 6) is 0.698. The van der Waals surface area contributed by atoms with E-state index in [1.165, 1.54) is 0 Å². The van der Waals surface area contributed by atoms with Crippen molar-refractivity contribution in [3.8, 4) is 0 Å². The van der Waals surface area contributed by atoms with Crippen molar-refractivity contribution in [2.75, 3.05) is 38.2 Å². The molecule has 7 heteroatoms. The molecule has 1 amide bonds. The third-order valence-corrected chi connectivity index (χ3v) is 2.51. The lowest BCUT2D eigenvalue weighted by Crippen LogP contribution is -2.41. The molecule has 0 radical (unpaired) electrons. The number of ether oxygens (including phenoxy) is 1. The van der Waals surface area contributed by atoms with E-state index in [0.29, 0.717) is 51.1 Å². The third-order valence-electron chi connectivity index (χ3n) is 2.51. The topological polar surface area (TPSA) is 80.5 Å². The summed E-state index contributed by atoms with van der Waals surface area (Å²) in [4.78, 5) is 17.6. The molecule has 2 rings (SSSR count). The molecular formula is C10H16N4O3. The van der Waals surface area contributed by atoms with Crippen LogP contribution in [0.5, 0.6) is 0 Å². The number of carbonyl (C=O) groups is 1. The van der Waals surface area contributed by atoms with Crippen LogP contribution in [0.1, 0.15) is 12.2 Å². The van der Waals surface area contributed by atoms with Crippen molar-refractivity contribution >= 4 is 11.9 Å². The minimum absolute atomic E-state index is 0.122. The molecular weight excluding hydrogens is 224 g/mol. The van der Waals surface area contributed by atoms with Crippen LogP contribution < -0.4 is 5.32 Å². The maximum absolute atomic E-state index is 11.8. The van der Waals surface area contributed by atoms with Crippen LogP contribution in [-0.2, 0) is 9.53 Å². The zero-order valence-corrected chi connectivity index (χ0v) is 9.81. The molecule has 1 N–H and O–H groups in total. The number of nitrogens with zero attached hydrogens (tertiary/aromatic N) is 3. The summed E-state index contributed by atoms with van der Waals surface area (Å²) in [6.45, 7) is 4.85. The summed E-state index contributed by atoms with van der Waals surface area (Å²) in [6.07, 6.45) is 0.418. The Labute approximate surface area is 99.1 Å². The van der Waals surface area contributed by atoms with E-state index in [4.69, 9.17) is 9.26 Å². The van der Waals surface area contributed by atoms with Crippen molar-refractivity contribution in [2.45, 2.75) is 13.3 Å². The smallest absolute Gasteiger partial charge is 0.321 e. The average Bonchev–Trinajstić information content (AvgIpc) is 2.76. The second-order valence-corrected chi connectivity index (χ2v) is 3.82. The first-order valence-electron chi connectivity index (χ1n) is 5.65. The number of morpholine rings is 1. The van der Waals surface area contributed by atoms with Crippen molar-refractivity contribution in [3.63, 3.8) is 0 Å². The molecule has 1 fully saturated rings. The van der Waals surface area contributed by atoms with Gasteiger partial charge in [0.15, 0.2) is 5.82 Å². The molecule has 0 atom stereocenters. The van der Waals surface area contributed by atoms with E-state index in [1.54, 1.807) is 6.92 Å². The van der Waals surface area contributed by atoms with Crippen molar-refractivity contribution in [1.29, 1.82) is 0 Å². The number of amides is 1. The van der Waals surface area contributed by atoms with Gasteiger partial charge in [-0.25, -0.2) is 0 Å². The van der Waals surface area contributed by atoms with Crippen LogP contribution in [0.4, 0.5) is 6.01 Å². The van der Waals surface area contributed by atoms with Gasteiger partial charge in [0.1, 0.15) is 0 Å². The molecule has 0 aromatic carbocycles. The van der Waals surface area contributed by atoms with E-state index in [2.05, 4.69) is 15.5 Å². The maximum atomic E-state index is 11.8. The first kappa shape index (κ1) is 11.8. The minimum Gasteiger partial charge on any atom is -0.378 e. The lowest BCUT2D eigenvalue weighted by atomic mass is 10.3. The van der Waals surface area contributed by atoms with Gasteiger partial charge < -0.3 is 19.5 Å². The SMILES string of the molecule is Cc1noc(NCCC(=O)N2CCOCC2)n1. The molecule has 2 heterocycles. The number of rotatable bonds is 4. The highest BCUT2D eigenvalue weighted by atomic mass is 16.5. The summed E-state index contributed by atoms with van der Waals surface area (Å²) < 4.78 is 10.1. The van der Waals surface area contributed by atoms with E-state index in [-0.39, 0.29) is 5.91 Å². The molecule has 1 aliphatic heterocycles. The fourth-order valence-corrected chi connectivity index (χ4v) is 1.62. The second kappa shape index (κ2) is 5.62. The van der Waals surface area contributed by atoms with Gasteiger partial charge in [0.05, 0.1) is 13.2 Å². The van der Waals surface area contributed by atoms with E-state index in [1.807, 2.05) is 4.90 Å². The van der Waals surface area contributed by atoms with Gasteiger partial charge in [-0.1, -0.05) is 5.16 Å². The van der Waals surface area contributed by atoms with Gasteiger partial charge in [0, 0.05) is 26.1 Å². The predicted octanol–water partition coefficient (Wildman–Crippen LogP) is 0.0388. The Morgan fingerprint density at radius 2 is 2.24 bits per heavy atom. The van der Waals surface area contributed by atoms with E-state index >= 15 is 0 Å². The predicted molar refractivity (Wildman–Crippen MR) is 59.5 cm³/mol. The van der Waals surface area contributed by atoms with Crippen LogP contribution in [-0.4, -0.2) is 53.8 Å². The first-order valence-corrected chi connectivity index (χ1v) is 5.65. The summed E-state index contributed by atoms with van der Waals surface area (Å²) in [7, 11) is 0. The molecule has 0 bridgehead atoms. The van der Waals surface area contributed by atoms with Crippen LogP contribution in [0.3, 0.4) is 0 Å². The Balaban J connectivity index is 1.69. The average molecular weight is 240 g/mol. The van der Waals surface area contributed by atoms with Crippen molar-refractivity contribution in [1.82, 2.24) is 15.0 Å². The molecule has 1 aliphatic rings. The molecule has 0 unspecified atom stereocenters. The lowest BCUT2D eigenvalue weighted by Gasteiger charge is -2.26. The minimum atomic E-state index is 0.122. The second-order valence-electron chi connectivity index (χ2n) is 3.82. The Morgan fingerprint density at radius 1 is 1.47 bits per heavy atom. The largest absolute Gasteiger partial charge is 0.378 e. The van der Waals surface area contributed by atoms with Gasteiger partial charge >= 0.3 is 6.01 Å². The molecule has 94 valence electrons. The van der Waals surface area contributed by atoms with Gasteiger partial charge in [-0.2, -0.15) is 4.98 Å². The van der Waals surface area contributed by atoms with Gasteiger partial charge in [0.2, 0.25) is 5.91 Å². The lowest BCUT2D eigenvalue weighted by molar-refractivity contribution is -0.134. The van der Waals surface area contributed by atoms with Gasteiger partial charge in [-0.3, -0.25) is 4.79 Å². The Kier molecular flexibility index (Phi) is 3.92. The number of anilines is 1. The van der Waals surface area contributed by atoms with Crippen LogP contribution in [0.15, 0.2) is 4.52 Å². The molecule has 1 saturated heterocycles. The molecule has 0 spiro atoms. The Hall–Kier alpha value is -1.63. The van der Waals surface area contributed by atoms with Crippen molar-refractivity contribution in [2.24, 2.45) is 0 Å². The zero-order chi connectivity index (χ0) is 12.1. The van der Waals surface area contributed by atoms with E-state index in [9.17, 15) is 4.79 Å². The van der Waals surface area contributed by atoms with Crippen molar-refractivity contribution in [3.05, 3.63) is 5.82 Å². The summed E-state index contributed by atoms with van der Waals surface area (Å²) in [5.41, 5.74) is 0.